The minimum absolute atomic E-state index is 0.0222. The van der Waals surface area contributed by atoms with Crippen LogP contribution in [-0.2, 0) is 4.79 Å². The number of carbonyl (C=O) groups excluding carboxylic acids is 4. The summed E-state index contributed by atoms with van der Waals surface area (Å²) in [5, 5.41) is -0.502. The van der Waals surface area contributed by atoms with Crippen molar-refractivity contribution in [2.24, 2.45) is 0 Å². The number of imide groups is 1. The van der Waals surface area contributed by atoms with E-state index in [2.05, 4.69) is 15.9 Å². The van der Waals surface area contributed by atoms with Crippen LogP contribution in [0, 0.1) is 0 Å². The zero-order valence-electron chi connectivity index (χ0n) is 16.8. The standard InChI is InChI=1S/C24H16BrNO5S/c1-14(27)15-2-4-17(5-3-15)21-11-10-19(31-21)12-22-23(29)26(24(30)32-22)13-20(28)16-6-8-18(25)9-7-16/h2-12H,13H2,1H3/b22-12+. The molecule has 32 heavy (non-hydrogen) atoms. The summed E-state index contributed by atoms with van der Waals surface area (Å²) in [5.74, 6) is 0.0898. The molecule has 8 heteroatoms. The highest BCUT2D eigenvalue weighted by molar-refractivity contribution is 9.10. The second-order valence-electron chi connectivity index (χ2n) is 7.03. The first-order valence-electron chi connectivity index (χ1n) is 9.57. The number of amides is 2. The zero-order chi connectivity index (χ0) is 22.8. The van der Waals surface area contributed by atoms with Crippen LogP contribution in [0.3, 0.4) is 0 Å². The van der Waals surface area contributed by atoms with Crippen molar-refractivity contribution in [3.63, 3.8) is 0 Å². The predicted octanol–water partition coefficient (Wildman–Crippen LogP) is 5.83. The maximum Gasteiger partial charge on any atom is 0.293 e. The lowest BCUT2D eigenvalue weighted by molar-refractivity contribution is -0.122. The van der Waals surface area contributed by atoms with E-state index >= 15 is 0 Å². The fraction of sp³-hybridized carbons (Fsp3) is 0.0833. The molecule has 0 unspecified atom stereocenters. The molecule has 1 fully saturated rings. The van der Waals surface area contributed by atoms with E-state index in [-0.39, 0.29) is 23.0 Å². The van der Waals surface area contributed by atoms with Gasteiger partial charge in [0.05, 0.1) is 11.4 Å². The molecule has 0 bridgehead atoms. The van der Waals surface area contributed by atoms with Gasteiger partial charge in [0.25, 0.3) is 11.1 Å². The van der Waals surface area contributed by atoms with E-state index in [1.807, 2.05) is 0 Å². The number of rotatable bonds is 6. The molecule has 2 amide bonds. The van der Waals surface area contributed by atoms with Crippen LogP contribution in [0.2, 0.25) is 0 Å². The van der Waals surface area contributed by atoms with Gasteiger partial charge in [-0.1, -0.05) is 52.3 Å². The second-order valence-corrected chi connectivity index (χ2v) is 8.94. The quantitative estimate of drug-likeness (QED) is 0.307. The normalized spacial score (nSPS) is 14.9. The fourth-order valence-corrected chi connectivity index (χ4v) is 4.17. The van der Waals surface area contributed by atoms with E-state index in [1.54, 1.807) is 60.7 Å². The Morgan fingerprint density at radius 2 is 1.62 bits per heavy atom. The van der Waals surface area contributed by atoms with Crippen LogP contribution in [0.4, 0.5) is 4.79 Å². The van der Waals surface area contributed by atoms with Crippen molar-refractivity contribution in [3.8, 4) is 11.3 Å². The average molecular weight is 510 g/mol. The van der Waals surface area contributed by atoms with Gasteiger partial charge < -0.3 is 4.42 Å². The number of nitrogens with zero attached hydrogens (tertiary/aromatic N) is 1. The molecular weight excluding hydrogens is 494 g/mol. The van der Waals surface area contributed by atoms with Crippen LogP contribution in [0.15, 0.2) is 74.5 Å². The number of halogens is 1. The highest BCUT2D eigenvalue weighted by atomic mass is 79.9. The SMILES string of the molecule is CC(=O)c1ccc(-c2ccc(/C=C3/SC(=O)N(CC(=O)c4ccc(Br)cc4)C3=O)o2)cc1. The Kier molecular flexibility index (Phi) is 6.25. The summed E-state index contributed by atoms with van der Waals surface area (Å²) >= 11 is 4.07. The second kappa shape index (κ2) is 9.10. The first-order chi connectivity index (χ1) is 15.3. The molecule has 160 valence electrons. The van der Waals surface area contributed by atoms with Gasteiger partial charge in [-0.2, -0.15) is 0 Å². The topological polar surface area (TPSA) is 84.7 Å². The lowest BCUT2D eigenvalue weighted by atomic mass is 10.1. The van der Waals surface area contributed by atoms with Gasteiger partial charge in [0.2, 0.25) is 0 Å². The van der Waals surface area contributed by atoms with Crippen molar-refractivity contribution in [1.29, 1.82) is 0 Å². The Balaban J connectivity index is 1.48. The Hall–Kier alpha value is -3.23. The molecular formula is C24H16BrNO5S. The lowest BCUT2D eigenvalue weighted by Crippen LogP contribution is -2.33. The third kappa shape index (κ3) is 4.66. The van der Waals surface area contributed by atoms with Gasteiger partial charge in [-0.15, -0.1) is 0 Å². The fourth-order valence-electron chi connectivity index (χ4n) is 3.09. The van der Waals surface area contributed by atoms with E-state index in [1.165, 1.54) is 13.0 Å². The molecule has 1 aromatic heterocycles. The smallest absolute Gasteiger partial charge is 0.293 e. The van der Waals surface area contributed by atoms with E-state index in [4.69, 9.17) is 4.42 Å². The molecule has 0 atom stereocenters. The average Bonchev–Trinajstić information content (AvgIpc) is 3.34. The molecule has 4 rings (SSSR count). The summed E-state index contributed by atoms with van der Waals surface area (Å²) in [4.78, 5) is 50.0. The third-order valence-electron chi connectivity index (χ3n) is 4.82. The lowest BCUT2D eigenvalue weighted by Gasteiger charge is -2.11. The van der Waals surface area contributed by atoms with Gasteiger partial charge in [0.15, 0.2) is 11.6 Å². The maximum absolute atomic E-state index is 12.7. The van der Waals surface area contributed by atoms with Crippen LogP contribution < -0.4 is 0 Å². The van der Waals surface area contributed by atoms with E-state index < -0.39 is 11.1 Å². The monoisotopic (exact) mass is 509 g/mol. The summed E-state index contributed by atoms with van der Waals surface area (Å²) < 4.78 is 6.61. The van der Waals surface area contributed by atoms with Crippen molar-refractivity contribution in [3.05, 3.63) is 86.9 Å². The van der Waals surface area contributed by atoms with Gasteiger partial charge in [-0.05, 0) is 43.0 Å². The Bertz CT molecular complexity index is 1260. The first-order valence-corrected chi connectivity index (χ1v) is 11.2. The Morgan fingerprint density at radius 1 is 0.969 bits per heavy atom. The van der Waals surface area contributed by atoms with E-state index in [0.29, 0.717) is 22.6 Å². The maximum atomic E-state index is 12.7. The van der Waals surface area contributed by atoms with Crippen molar-refractivity contribution < 1.29 is 23.6 Å². The molecule has 2 aromatic carbocycles. The third-order valence-corrected chi connectivity index (χ3v) is 6.25. The van der Waals surface area contributed by atoms with Crippen LogP contribution in [-0.4, -0.2) is 34.2 Å². The predicted molar refractivity (Wildman–Crippen MR) is 125 cm³/mol. The minimum Gasteiger partial charge on any atom is -0.457 e. The summed E-state index contributed by atoms with van der Waals surface area (Å²) in [5.41, 5.74) is 1.80. The molecule has 1 saturated heterocycles. The number of hydrogen-bond acceptors (Lipinski definition) is 6. The summed E-state index contributed by atoms with van der Waals surface area (Å²) in [6.07, 6.45) is 1.49. The van der Waals surface area contributed by atoms with E-state index in [0.717, 1.165) is 26.7 Å². The number of ketones is 2. The van der Waals surface area contributed by atoms with E-state index in [9.17, 15) is 19.2 Å². The van der Waals surface area contributed by atoms with Gasteiger partial charge in [0.1, 0.15) is 11.5 Å². The number of thioether (sulfide) groups is 1. The number of hydrogen-bond donors (Lipinski definition) is 0. The number of Topliss-reactive ketones (excluding diaryl/α,β-unsaturated/α-hetero) is 2. The largest absolute Gasteiger partial charge is 0.457 e. The molecule has 0 N–H and O–H groups in total. The molecule has 6 nitrogen and oxygen atoms in total. The number of furan rings is 1. The number of benzene rings is 2. The molecule has 1 aliphatic rings. The highest BCUT2D eigenvalue weighted by Gasteiger charge is 2.36. The van der Waals surface area contributed by atoms with Crippen LogP contribution in [0.25, 0.3) is 17.4 Å². The van der Waals surface area contributed by atoms with Crippen molar-refractivity contribution in [1.82, 2.24) is 4.90 Å². The Morgan fingerprint density at radius 3 is 2.28 bits per heavy atom. The summed E-state index contributed by atoms with van der Waals surface area (Å²) in [7, 11) is 0. The molecule has 0 spiro atoms. The van der Waals surface area contributed by atoms with Gasteiger partial charge in [-0.3, -0.25) is 24.1 Å². The molecule has 1 aliphatic heterocycles. The zero-order valence-corrected chi connectivity index (χ0v) is 19.2. The summed E-state index contributed by atoms with van der Waals surface area (Å²) in [6.45, 7) is 1.18. The number of carbonyl (C=O) groups is 4. The Labute approximate surface area is 196 Å². The van der Waals surface area contributed by atoms with Crippen molar-refractivity contribution >= 4 is 56.5 Å². The summed E-state index contributed by atoms with van der Waals surface area (Å²) in [6, 6.07) is 17.1. The minimum atomic E-state index is -0.533. The first kappa shape index (κ1) is 22.0. The molecule has 0 radical (unpaired) electrons. The molecule has 0 saturated carbocycles. The van der Waals surface area contributed by atoms with Crippen LogP contribution >= 0.6 is 27.7 Å². The van der Waals surface area contributed by atoms with Gasteiger partial charge in [-0.25, -0.2) is 0 Å². The van der Waals surface area contributed by atoms with Gasteiger partial charge in [0, 0.05) is 27.2 Å². The highest BCUT2D eigenvalue weighted by Crippen LogP contribution is 2.33. The van der Waals surface area contributed by atoms with Crippen molar-refractivity contribution in [2.75, 3.05) is 6.54 Å². The van der Waals surface area contributed by atoms with Gasteiger partial charge >= 0.3 is 0 Å². The van der Waals surface area contributed by atoms with Crippen LogP contribution in [0.1, 0.15) is 33.4 Å². The molecule has 2 heterocycles. The molecule has 0 aliphatic carbocycles. The van der Waals surface area contributed by atoms with Crippen LogP contribution in [0.5, 0.6) is 0 Å². The van der Waals surface area contributed by atoms with Crippen molar-refractivity contribution in [2.45, 2.75) is 6.92 Å². The molecule has 3 aromatic rings.